The van der Waals surface area contributed by atoms with E-state index >= 15 is 0 Å². The van der Waals surface area contributed by atoms with E-state index < -0.39 is 0 Å². The van der Waals surface area contributed by atoms with Crippen LogP contribution in [0.2, 0.25) is 5.15 Å². The summed E-state index contributed by atoms with van der Waals surface area (Å²) in [6.45, 7) is 0.742. The SMILES string of the molecule is COCCCSc1ncnc(Cl)c1N. The summed E-state index contributed by atoms with van der Waals surface area (Å²) in [6.07, 6.45) is 2.37. The first-order valence-corrected chi connectivity index (χ1v) is 5.49. The van der Waals surface area contributed by atoms with Crippen molar-refractivity contribution in [3.8, 4) is 0 Å². The molecule has 0 aliphatic rings. The number of halogens is 1. The average molecular weight is 234 g/mol. The summed E-state index contributed by atoms with van der Waals surface area (Å²) in [5, 5.41) is 1.05. The lowest BCUT2D eigenvalue weighted by Gasteiger charge is -2.04. The van der Waals surface area contributed by atoms with Gasteiger partial charge >= 0.3 is 0 Å². The molecule has 0 amide bonds. The lowest BCUT2D eigenvalue weighted by atomic mass is 10.5. The number of thioether (sulfide) groups is 1. The Balaban J connectivity index is 2.46. The van der Waals surface area contributed by atoms with Gasteiger partial charge in [0, 0.05) is 19.5 Å². The van der Waals surface area contributed by atoms with Crippen LogP contribution >= 0.6 is 23.4 Å². The molecule has 1 rings (SSSR count). The highest BCUT2D eigenvalue weighted by molar-refractivity contribution is 7.99. The van der Waals surface area contributed by atoms with E-state index in [9.17, 15) is 0 Å². The van der Waals surface area contributed by atoms with Gasteiger partial charge in [0.05, 0.1) is 0 Å². The standard InChI is InChI=1S/C8H12ClN3OS/c1-13-3-2-4-14-8-6(10)7(9)11-5-12-8/h5H,2-4,10H2,1H3. The number of hydrogen-bond donors (Lipinski definition) is 1. The highest BCUT2D eigenvalue weighted by Gasteiger charge is 2.05. The number of ether oxygens (including phenoxy) is 1. The maximum absolute atomic E-state index is 5.74. The molecule has 0 unspecified atom stereocenters. The lowest BCUT2D eigenvalue weighted by Crippen LogP contribution is -1.97. The number of nitrogen functional groups attached to an aromatic ring is 1. The zero-order valence-electron chi connectivity index (χ0n) is 7.86. The van der Waals surface area contributed by atoms with Crippen molar-refractivity contribution in [1.82, 2.24) is 9.97 Å². The van der Waals surface area contributed by atoms with E-state index in [0.717, 1.165) is 23.8 Å². The second-order valence-electron chi connectivity index (χ2n) is 2.58. The van der Waals surface area contributed by atoms with Crippen LogP contribution in [0.15, 0.2) is 11.4 Å². The van der Waals surface area contributed by atoms with E-state index in [1.54, 1.807) is 18.9 Å². The molecule has 0 aliphatic carbocycles. The number of nitrogens with two attached hydrogens (primary N) is 1. The van der Waals surface area contributed by atoms with Crippen LogP contribution in [0.25, 0.3) is 0 Å². The van der Waals surface area contributed by atoms with Gasteiger partial charge in [-0.25, -0.2) is 9.97 Å². The molecule has 78 valence electrons. The highest BCUT2D eigenvalue weighted by atomic mass is 35.5. The number of hydrogen-bond acceptors (Lipinski definition) is 5. The van der Waals surface area contributed by atoms with Crippen molar-refractivity contribution >= 4 is 29.1 Å². The summed E-state index contributed by atoms with van der Waals surface area (Å²) < 4.78 is 4.93. The van der Waals surface area contributed by atoms with E-state index in [1.165, 1.54) is 6.33 Å². The minimum absolute atomic E-state index is 0.314. The maximum atomic E-state index is 5.74. The van der Waals surface area contributed by atoms with Crippen molar-refractivity contribution in [2.24, 2.45) is 0 Å². The molecule has 0 aromatic carbocycles. The first-order chi connectivity index (χ1) is 6.75. The molecule has 0 bridgehead atoms. The monoisotopic (exact) mass is 233 g/mol. The van der Waals surface area contributed by atoms with Gasteiger partial charge in [0.25, 0.3) is 0 Å². The normalized spacial score (nSPS) is 10.4. The Labute approximate surface area is 92.2 Å². The quantitative estimate of drug-likeness (QED) is 0.478. The summed E-state index contributed by atoms with van der Waals surface area (Å²) in [6, 6.07) is 0. The Morgan fingerprint density at radius 1 is 1.57 bits per heavy atom. The van der Waals surface area contributed by atoms with Crippen LogP contribution < -0.4 is 5.73 Å². The molecule has 14 heavy (non-hydrogen) atoms. The minimum Gasteiger partial charge on any atom is -0.394 e. The second kappa shape index (κ2) is 6.06. The molecule has 0 fully saturated rings. The Morgan fingerprint density at radius 2 is 2.36 bits per heavy atom. The van der Waals surface area contributed by atoms with E-state index in [4.69, 9.17) is 22.1 Å². The summed E-state index contributed by atoms with van der Waals surface area (Å²) in [7, 11) is 1.68. The topological polar surface area (TPSA) is 61.0 Å². The maximum Gasteiger partial charge on any atom is 0.156 e. The first-order valence-electron chi connectivity index (χ1n) is 4.13. The predicted molar refractivity (Wildman–Crippen MR) is 58.7 cm³/mol. The molecule has 0 saturated carbocycles. The molecule has 0 aliphatic heterocycles. The van der Waals surface area contributed by atoms with Crippen LogP contribution in [0.1, 0.15) is 6.42 Å². The number of methoxy groups -OCH3 is 1. The molecule has 1 aromatic heterocycles. The molecule has 4 nitrogen and oxygen atoms in total. The van der Waals surface area contributed by atoms with Crippen LogP contribution in [0.3, 0.4) is 0 Å². The molecule has 0 saturated heterocycles. The molecule has 0 radical (unpaired) electrons. The summed E-state index contributed by atoms with van der Waals surface area (Å²) in [5.74, 6) is 0.908. The van der Waals surface area contributed by atoms with Crippen molar-refractivity contribution in [3.63, 3.8) is 0 Å². The van der Waals surface area contributed by atoms with E-state index in [2.05, 4.69) is 9.97 Å². The van der Waals surface area contributed by atoms with Gasteiger partial charge in [-0.1, -0.05) is 11.6 Å². The second-order valence-corrected chi connectivity index (χ2v) is 4.02. The van der Waals surface area contributed by atoms with Crippen LogP contribution in [0.4, 0.5) is 5.69 Å². The third kappa shape index (κ3) is 3.32. The Hall–Kier alpha value is -0.520. The number of aromatic nitrogens is 2. The van der Waals surface area contributed by atoms with Gasteiger partial charge in [-0.2, -0.15) is 0 Å². The van der Waals surface area contributed by atoms with Gasteiger partial charge in [-0.05, 0) is 6.42 Å². The molecule has 1 heterocycles. The molecule has 0 spiro atoms. The zero-order valence-corrected chi connectivity index (χ0v) is 9.44. The number of anilines is 1. The smallest absolute Gasteiger partial charge is 0.156 e. The van der Waals surface area contributed by atoms with E-state index in [0.29, 0.717) is 10.8 Å². The third-order valence-corrected chi connectivity index (χ3v) is 2.92. The number of nitrogens with zero attached hydrogens (tertiary/aromatic N) is 2. The fourth-order valence-electron chi connectivity index (χ4n) is 0.846. The predicted octanol–water partition coefficient (Wildman–Crippen LogP) is 1.84. The molecule has 0 atom stereocenters. The van der Waals surface area contributed by atoms with Crippen molar-refractivity contribution in [1.29, 1.82) is 0 Å². The largest absolute Gasteiger partial charge is 0.394 e. The van der Waals surface area contributed by atoms with Crippen LogP contribution in [0, 0.1) is 0 Å². The third-order valence-electron chi connectivity index (χ3n) is 1.53. The Kier molecular flexibility index (Phi) is 5.00. The van der Waals surface area contributed by atoms with Gasteiger partial charge in [0.15, 0.2) is 5.15 Å². The van der Waals surface area contributed by atoms with Gasteiger partial charge in [0.2, 0.25) is 0 Å². The highest BCUT2D eigenvalue weighted by Crippen LogP contribution is 2.26. The van der Waals surface area contributed by atoms with E-state index in [1.807, 2.05) is 0 Å². The van der Waals surface area contributed by atoms with Gasteiger partial charge in [-0.15, -0.1) is 11.8 Å². The van der Waals surface area contributed by atoms with Crippen molar-refractivity contribution in [2.75, 3.05) is 25.2 Å². The first kappa shape index (κ1) is 11.6. The summed E-state index contributed by atoms with van der Waals surface area (Å²) >= 11 is 7.30. The lowest BCUT2D eigenvalue weighted by molar-refractivity contribution is 0.200. The van der Waals surface area contributed by atoms with Crippen molar-refractivity contribution in [3.05, 3.63) is 11.5 Å². The van der Waals surface area contributed by atoms with Crippen molar-refractivity contribution in [2.45, 2.75) is 11.4 Å². The molecule has 2 N–H and O–H groups in total. The zero-order chi connectivity index (χ0) is 10.4. The van der Waals surface area contributed by atoms with E-state index in [-0.39, 0.29) is 0 Å². The molecular formula is C8H12ClN3OS. The molecule has 1 aromatic rings. The van der Waals surface area contributed by atoms with Gasteiger partial charge in [0.1, 0.15) is 17.0 Å². The Bertz CT molecular complexity index is 298. The summed E-state index contributed by atoms with van der Waals surface area (Å²) in [5.41, 5.74) is 6.14. The van der Waals surface area contributed by atoms with Crippen LogP contribution in [-0.4, -0.2) is 29.4 Å². The molecule has 6 heteroatoms. The summed E-state index contributed by atoms with van der Waals surface area (Å²) in [4.78, 5) is 7.81. The molecular weight excluding hydrogens is 222 g/mol. The van der Waals surface area contributed by atoms with Gasteiger partial charge in [-0.3, -0.25) is 0 Å². The van der Waals surface area contributed by atoms with Crippen LogP contribution in [-0.2, 0) is 4.74 Å². The fraction of sp³-hybridized carbons (Fsp3) is 0.500. The average Bonchev–Trinajstić information content (AvgIpc) is 2.19. The van der Waals surface area contributed by atoms with Crippen molar-refractivity contribution < 1.29 is 4.74 Å². The number of rotatable bonds is 5. The van der Waals surface area contributed by atoms with Crippen LogP contribution in [0.5, 0.6) is 0 Å². The van der Waals surface area contributed by atoms with Gasteiger partial charge < -0.3 is 10.5 Å². The minimum atomic E-state index is 0.314. The Morgan fingerprint density at radius 3 is 3.07 bits per heavy atom. The fourth-order valence-corrected chi connectivity index (χ4v) is 1.87.